The van der Waals surface area contributed by atoms with Crippen LogP contribution in [0.15, 0.2) is 47.9 Å². The van der Waals surface area contributed by atoms with Gasteiger partial charge in [0.1, 0.15) is 0 Å². The molecule has 4 N–H and O–H groups in total. The van der Waals surface area contributed by atoms with Gasteiger partial charge in [0.05, 0.1) is 0 Å². The quantitative estimate of drug-likeness (QED) is 0.613. The van der Waals surface area contributed by atoms with Gasteiger partial charge in [0.15, 0.2) is 0 Å². The topological polar surface area (TPSA) is 52.0 Å². The Morgan fingerprint density at radius 1 is 1.50 bits per heavy atom. The first-order valence-corrected chi connectivity index (χ1v) is 3.98. The number of nitrogens with two attached hydrogens (primary N) is 2. The molecule has 0 heterocycles. The van der Waals surface area contributed by atoms with Gasteiger partial charge in [0, 0.05) is 11.6 Å². The lowest BCUT2D eigenvalue weighted by atomic mass is 9.95. The van der Waals surface area contributed by atoms with E-state index in [2.05, 4.69) is 13.0 Å². The van der Waals surface area contributed by atoms with Crippen molar-refractivity contribution < 1.29 is 0 Å². The molecule has 0 aliphatic heterocycles. The Morgan fingerprint density at radius 3 is 2.83 bits per heavy atom. The van der Waals surface area contributed by atoms with E-state index in [0.29, 0.717) is 5.92 Å². The molecule has 0 bridgehead atoms. The van der Waals surface area contributed by atoms with Gasteiger partial charge in [-0.15, -0.1) is 0 Å². The maximum Gasteiger partial charge on any atom is 0.0366 e. The molecule has 0 fully saturated rings. The molecule has 1 unspecified atom stereocenters. The third kappa shape index (κ3) is 1.78. The lowest BCUT2D eigenvalue weighted by Gasteiger charge is -2.12. The summed E-state index contributed by atoms with van der Waals surface area (Å²) in [6.07, 6.45) is 11.3. The molecule has 64 valence electrons. The minimum atomic E-state index is 0.381. The average Bonchev–Trinajstić information content (AvgIpc) is 2.05. The fourth-order valence-corrected chi connectivity index (χ4v) is 1.20. The van der Waals surface area contributed by atoms with E-state index in [9.17, 15) is 0 Å². The molecule has 12 heavy (non-hydrogen) atoms. The fraction of sp³-hybridized carbons (Fsp3) is 0.200. The van der Waals surface area contributed by atoms with Crippen LogP contribution in [-0.2, 0) is 0 Å². The Hall–Kier alpha value is -1.44. The third-order valence-electron chi connectivity index (χ3n) is 1.89. The molecule has 1 atom stereocenters. The monoisotopic (exact) mass is 162 g/mol. The second-order valence-electron chi connectivity index (χ2n) is 2.80. The number of hydrogen-bond donors (Lipinski definition) is 2. The smallest absolute Gasteiger partial charge is 0.0366 e. The van der Waals surface area contributed by atoms with E-state index in [0.717, 1.165) is 11.3 Å². The van der Waals surface area contributed by atoms with Crippen molar-refractivity contribution in [2.45, 2.75) is 6.92 Å². The molecule has 0 aromatic carbocycles. The Bertz CT molecular complexity index is 270. The third-order valence-corrected chi connectivity index (χ3v) is 1.89. The zero-order valence-corrected chi connectivity index (χ0v) is 7.20. The standard InChI is InChI=1S/C10H14N2/c1-8-4-2-3-5-9(8)10(12)6-7-11/h2-8H,11-12H2,1H3/b7-6-,10-9+. The van der Waals surface area contributed by atoms with Crippen LogP contribution in [0.5, 0.6) is 0 Å². The van der Waals surface area contributed by atoms with Crippen molar-refractivity contribution in [3.05, 3.63) is 47.9 Å². The molecule has 0 radical (unpaired) electrons. The first-order chi connectivity index (χ1) is 5.75. The van der Waals surface area contributed by atoms with E-state index < -0.39 is 0 Å². The summed E-state index contributed by atoms with van der Waals surface area (Å²) in [6, 6.07) is 0. The van der Waals surface area contributed by atoms with E-state index in [4.69, 9.17) is 11.5 Å². The summed E-state index contributed by atoms with van der Waals surface area (Å²) < 4.78 is 0. The minimum Gasteiger partial charge on any atom is -0.405 e. The highest BCUT2D eigenvalue weighted by Crippen LogP contribution is 2.19. The Morgan fingerprint density at radius 2 is 2.25 bits per heavy atom. The second kappa shape index (κ2) is 3.81. The van der Waals surface area contributed by atoms with Gasteiger partial charge in [-0.25, -0.2) is 0 Å². The van der Waals surface area contributed by atoms with Crippen molar-refractivity contribution in [1.29, 1.82) is 0 Å². The first kappa shape index (κ1) is 8.65. The van der Waals surface area contributed by atoms with Gasteiger partial charge in [-0.1, -0.05) is 31.2 Å². The molecule has 1 rings (SSSR count). The Kier molecular flexibility index (Phi) is 2.75. The molecule has 2 nitrogen and oxygen atoms in total. The van der Waals surface area contributed by atoms with E-state index in [1.54, 1.807) is 6.08 Å². The zero-order valence-electron chi connectivity index (χ0n) is 7.20. The van der Waals surface area contributed by atoms with Gasteiger partial charge >= 0.3 is 0 Å². The highest BCUT2D eigenvalue weighted by molar-refractivity contribution is 5.38. The maximum absolute atomic E-state index is 5.78. The van der Waals surface area contributed by atoms with Gasteiger partial charge in [0.2, 0.25) is 0 Å². The van der Waals surface area contributed by atoms with Crippen molar-refractivity contribution in [1.82, 2.24) is 0 Å². The lowest BCUT2D eigenvalue weighted by Crippen LogP contribution is -2.06. The molecular formula is C10H14N2. The largest absolute Gasteiger partial charge is 0.405 e. The summed E-state index contributed by atoms with van der Waals surface area (Å²) >= 11 is 0. The van der Waals surface area contributed by atoms with Crippen LogP contribution in [0.1, 0.15) is 6.92 Å². The van der Waals surface area contributed by atoms with Crippen LogP contribution in [0.3, 0.4) is 0 Å². The van der Waals surface area contributed by atoms with Crippen LogP contribution in [0.25, 0.3) is 0 Å². The molecule has 1 aliphatic carbocycles. The predicted molar refractivity (Wildman–Crippen MR) is 52.0 cm³/mol. The molecule has 0 saturated carbocycles. The van der Waals surface area contributed by atoms with E-state index in [1.165, 1.54) is 6.20 Å². The molecule has 1 aliphatic rings. The Labute approximate surface area is 72.9 Å². The number of hydrogen-bond acceptors (Lipinski definition) is 2. The molecule has 0 spiro atoms. The molecule has 0 amide bonds. The highest BCUT2D eigenvalue weighted by Gasteiger charge is 2.07. The van der Waals surface area contributed by atoms with E-state index >= 15 is 0 Å². The fourth-order valence-electron chi connectivity index (χ4n) is 1.20. The molecule has 0 saturated heterocycles. The van der Waals surface area contributed by atoms with Crippen molar-refractivity contribution in [3.8, 4) is 0 Å². The summed E-state index contributed by atoms with van der Waals surface area (Å²) in [5.74, 6) is 0.381. The van der Waals surface area contributed by atoms with Crippen LogP contribution < -0.4 is 11.5 Å². The summed E-state index contributed by atoms with van der Waals surface area (Å²) in [4.78, 5) is 0. The summed E-state index contributed by atoms with van der Waals surface area (Å²) in [6.45, 7) is 2.10. The zero-order chi connectivity index (χ0) is 8.97. The van der Waals surface area contributed by atoms with Gasteiger partial charge in [0.25, 0.3) is 0 Å². The summed E-state index contributed by atoms with van der Waals surface area (Å²) in [7, 11) is 0. The van der Waals surface area contributed by atoms with E-state index in [1.807, 2.05) is 18.2 Å². The number of rotatable bonds is 1. The molecule has 0 aromatic rings. The molecule has 0 aromatic heterocycles. The average molecular weight is 162 g/mol. The molecular weight excluding hydrogens is 148 g/mol. The van der Waals surface area contributed by atoms with Crippen LogP contribution in [-0.4, -0.2) is 0 Å². The highest BCUT2D eigenvalue weighted by atomic mass is 14.6. The van der Waals surface area contributed by atoms with Crippen molar-refractivity contribution in [2.24, 2.45) is 17.4 Å². The summed E-state index contributed by atoms with van der Waals surface area (Å²) in [5, 5.41) is 0. The van der Waals surface area contributed by atoms with Crippen molar-refractivity contribution >= 4 is 0 Å². The maximum atomic E-state index is 5.78. The molecule has 2 heteroatoms. The number of allylic oxidation sites excluding steroid dienone is 6. The van der Waals surface area contributed by atoms with Gasteiger partial charge in [-0.2, -0.15) is 0 Å². The SMILES string of the molecule is CC1C=CC=C/C1=C(N)/C=C\N. The van der Waals surface area contributed by atoms with Crippen LogP contribution in [0.4, 0.5) is 0 Å². The van der Waals surface area contributed by atoms with Crippen molar-refractivity contribution in [2.75, 3.05) is 0 Å². The Balaban J connectivity index is 2.93. The predicted octanol–water partition coefficient (Wildman–Crippen LogP) is 1.43. The van der Waals surface area contributed by atoms with E-state index in [-0.39, 0.29) is 0 Å². The lowest BCUT2D eigenvalue weighted by molar-refractivity contribution is 0.869. The van der Waals surface area contributed by atoms with Gasteiger partial charge in [-0.05, 0) is 17.8 Å². The normalized spacial score (nSPS) is 26.6. The van der Waals surface area contributed by atoms with Crippen molar-refractivity contribution in [3.63, 3.8) is 0 Å². The van der Waals surface area contributed by atoms with Gasteiger partial charge in [-0.3, -0.25) is 0 Å². The van der Waals surface area contributed by atoms with Gasteiger partial charge < -0.3 is 11.5 Å². The van der Waals surface area contributed by atoms with Crippen LogP contribution in [0, 0.1) is 5.92 Å². The van der Waals surface area contributed by atoms with Crippen LogP contribution >= 0.6 is 0 Å². The minimum absolute atomic E-state index is 0.381. The second-order valence-corrected chi connectivity index (χ2v) is 2.80. The first-order valence-electron chi connectivity index (χ1n) is 3.98. The van der Waals surface area contributed by atoms with Crippen LogP contribution in [0.2, 0.25) is 0 Å². The summed E-state index contributed by atoms with van der Waals surface area (Å²) in [5.41, 5.74) is 12.9.